The van der Waals surface area contributed by atoms with Crippen LogP contribution in [-0.4, -0.2) is 60.0 Å². The van der Waals surface area contributed by atoms with Crippen LogP contribution in [0.15, 0.2) is 0 Å². The Kier molecular flexibility index (Phi) is 68.5. The van der Waals surface area contributed by atoms with Crippen LogP contribution in [0.4, 0.5) is 0 Å². The first kappa shape index (κ1) is 67.6. The minimum absolute atomic E-state index is 0. The van der Waals surface area contributed by atoms with Gasteiger partial charge >= 0.3 is 5.97 Å². The molecule has 0 fully saturated rings. The molecular weight excluding hydrogens is 603 g/mol. The van der Waals surface area contributed by atoms with E-state index in [9.17, 15) is 9.59 Å². The maximum Gasteiger partial charge on any atom is 0.302 e. The molecule has 0 aromatic heterocycles. The Hall–Kier alpha value is -0.506. The first-order valence-corrected chi connectivity index (χ1v) is 23.5. The van der Waals surface area contributed by atoms with Crippen molar-refractivity contribution in [3.63, 3.8) is 0 Å². The van der Waals surface area contributed by atoms with Crippen molar-refractivity contribution in [2.75, 3.05) is 26.7 Å². The topological polar surface area (TPSA) is 55.8 Å². The monoisotopic (exact) mass is 700 g/mol. The number of esters is 1. The van der Waals surface area contributed by atoms with Crippen LogP contribution in [0.5, 0.6) is 0 Å². The largest absolute Gasteiger partial charge is 0.465 e. The molecule has 0 aliphatic rings. The lowest BCUT2D eigenvalue weighted by Gasteiger charge is -2.27. The Balaban J connectivity index is -0.0000000669. The fourth-order valence-corrected chi connectivity index (χ4v) is 11.7. The maximum atomic E-state index is 11.8. The molecule has 0 rings (SSSR count). The van der Waals surface area contributed by atoms with Crippen LogP contribution in [0.25, 0.3) is 0 Å². The predicted octanol–water partition coefficient (Wildman–Crippen LogP) is 14.2. The summed E-state index contributed by atoms with van der Waals surface area (Å²) >= 11 is 0. The van der Waals surface area contributed by atoms with Gasteiger partial charge in [-0.15, -0.1) is 0 Å². The third-order valence-corrected chi connectivity index (χ3v) is 11.1. The second-order valence-corrected chi connectivity index (χ2v) is 22.5. The number of hydrogen-bond acceptors (Lipinski definition) is 5. The van der Waals surface area contributed by atoms with Crippen molar-refractivity contribution in [1.82, 2.24) is 4.90 Å². The minimum Gasteiger partial charge on any atom is -0.465 e. The van der Waals surface area contributed by atoms with E-state index in [0.717, 1.165) is 13.0 Å². The van der Waals surface area contributed by atoms with Crippen molar-refractivity contribution in [3.05, 3.63) is 0 Å². The fraction of sp³-hybridized carbons (Fsp3) is 0.949. The Morgan fingerprint density at radius 3 is 1.13 bits per heavy atom. The van der Waals surface area contributed by atoms with E-state index in [1.165, 1.54) is 96.8 Å². The summed E-state index contributed by atoms with van der Waals surface area (Å²) in [6.07, 6.45) is 21.5. The van der Waals surface area contributed by atoms with Crippen molar-refractivity contribution >= 4 is 28.4 Å². The van der Waals surface area contributed by atoms with E-state index >= 15 is 0 Å². The highest BCUT2D eigenvalue weighted by atomic mass is 28.4. The van der Waals surface area contributed by atoms with E-state index in [4.69, 9.17) is 8.85 Å². The highest BCUT2D eigenvalue weighted by Gasteiger charge is 2.24. The van der Waals surface area contributed by atoms with Gasteiger partial charge in [0.2, 0.25) is 0 Å². The normalized spacial score (nSPS) is 9.91. The lowest BCUT2D eigenvalue weighted by molar-refractivity contribution is -0.141. The Bertz CT molecular complexity index is 541. The Morgan fingerprint density at radius 1 is 0.522 bits per heavy atom. The number of rotatable bonds is 23. The predicted molar refractivity (Wildman–Crippen MR) is 223 cm³/mol. The summed E-state index contributed by atoms with van der Waals surface area (Å²) in [5.41, 5.74) is 0. The van der Waals surface area contributed by atoms with Crippen molar-refractivity contribution < 1.29 is 18.4 Å². The lowest BCUT2D eigenvalue weighted by Crippen LogP contribution is -2.39. The summed E-state index contributed by atoms with van der Waals surface area (Å²) < 4.78 is 10.8. The van der Waals surface area contributed by atoms with Gasteiger partial charge in [-0.25, -0.2) is 0 Å². The average molecular weight is 700 g/mol. The second kappa shape index (κ2) is 46.6. The van der Waals surface area contributed by atoms with Crippen LogP contribution in [0, 0.1) is 0 Å². The summed E-state index contributed by atoms with van der Waals surface area (Å²) in [6, 6.07) is 0. The number of nitrogens with zero attached hydrogens (tertiary/aromatic N) is 1. The maximum absolute atomic E-state index is 11.8. The van der Waals surface area contributed by atoms with Crippen LogP contribution in [0.2, 0.25) is 39.3 Å². The SMILES string of the molecule is C.C.C.C.C.C.CCCCCCCCCC.CCCCCCCCCC(=O)CCN(C)CCOC(C)=O.C[Si](C)(C)O[Si](C)(C)C. The highest BCUT2D eigenvalue weighted by molar-refractivity contribution is 6.83. The molecule has 0 saturated heterocycles. The molecule has 0 aromatic carbocycles. The molecule has 46 heavy (non-hydrogen) atoms. The second-order valence-electron chi connectivity index (χ2n) is 13.3. The van der Waals surface area contributed by atoms with E-state index < -0.39 is 16.6 Å². The molecule has 0 unspecified atom stereocenters. The molecule has 0 radical (unpaired) electrons. The molecular formula is C39H97NO4Si2. The van der Waals surface area contributed by atoms with Gasteiger partial charge in [-0.05, 0) is 52.8 Å². The third-order valence-electron chi connectivity index (χ3n) is 6.18. The molecule has 0 heterocycles. The van der Waals surface area contributed by atoms with E-state index in [0.29, 0.717) is 31.8 Å². The summed E-state index contributed by atoms with van der Waals surface area (Å²) in [4.78, 5) is 24.4. The minimum atomic E-state index is -1.23. The molecule has 0 saturated carbocycles. The molecule has 0 amide bonds. The van der Waals surface area contributed by atoms with Gasteiger partial charge in [-0.1, -0.05) is 155 Å². The van der Waals surface area contributed by atoms with Gasteiger partial charge < -0.3 is 13.8 Å². The van der Waals surface area contributed by atoms with Gasteiger partial charge in [0, 0.05) is 32.9 Å². The smallest absolute Gasteiger partial charge is 0.302 e. The molecule has 290 valence electrons. The number of likely N-dealkylation sites (N-methyl/N-ethyl adjacent to an activating group) is 1. The van der Waals surface area contributed by atoms with Crippen LogP contribution in [0.1, 0.15) is 181 Å². The lowest BCUT2D eigenvalue weighted by atomic mass is 10.1. The Morgan fingerprint density at radius 2 is 0.848 bits per heavy atom. The zero-order chi connectivity index (χ0) is 31.3. The van der Waals surface area contributed by atoms with Gasteiger partial charge in [0.05, 0.1) is 0 Å². The first-order valence-electron chi connectivity index (χ1n) is 16.7. The molecule has 0 aliphatic heterocycles. The van der Waals surface area contributed by atoms with Gasteiger partial charge in [0.25, 0.3) is 0 Å². The number of Topliss-reactive ketones (excluding diaryl/α,β-unsaturated/α-hetero) is 1. The number of carbonyl (C=O) groups is 2. The number of hydrogen-bond donors (Lipinski definition) is 0. The van der Waals surface area contributed by atoms with E-state index in [1.54, 1.807) is 0 Å². The zero-order valence-electron chi connectivity index (χ0n) is 29.2. The van der Waals surface area contributed by atoms with Crippen LogP contribution >= 0.6 is 0 Å². The summed E-state index contributed by atoms with van der Waals surface area (Å²) in [7, 11) is -0.513. The number of ether oxygens (including phenoxy) is 1. The van der Waals surface area contributed by atoms with Crippen LogP contribution < -0.4 is 0 Å². The van der Waals surface area contributed by atoms with Crippen molar-refractivity contribution in [1.29, 1.82) is 0 Å². The third kappa shape index (κ3) is 74.4. The van der Waals surface area contributed by atoms with Gasteiger partial charge in [-0.2, -0.15) is 0 Å². The van der Waals surface area contributed by atoms with Gasteiger partial charge in [0.15, 0.2) is 16.6 Å². The summed E-state index contributed by atoms with van der Waals surface area (Å²) in [5.74, 6) is 0.0984. The fourth-order valence-electron chi connectivity index (χ4n) is 4.30. The molecule has 5 nitrogen and oxygen atoms in total. The van der Waals surface area contributed by atoms with E-state index in [2.05, 4.69) is 60.1 Å². The summed E-state index contributed by atoms with van der Waals surface area (Å²) in [6.45, 7) is 23.5. The molecule has 0 N–H and O–H groups in total. The molecule has 0 aromatic rings. The van der Waals surface area contributed by atoms with Crippen LogP contribution in [-0.2, 0) is 18.4 Å². The quantitative estimate of drug-likeness (QED) is 0.0603. The van der Waals surface area contributed by atoms with Crippen molar-refractivity contribution in [3.8, 4) is 0 Å². The molecule has 7 heteroatoms. The first-order chi connectivity index (χ1) is 18.7. The van der Waals surface area contributed by atoms with E-state index in [-0.39, 0.29) is 50.5 Å². The molecule has 0 bridgehead atoms. The Labute approximate surface area is 298 Å². The average Bonchev–Trinajstić information content (AvgIpc) is 2.83. The molecule has 0 spiro atoms. The molecule has 0 atom stereocenters. The number of carbonyl (C=O) groups excluding carboxylic acids is 2. The number of ketones is 1. The van der Waals surface area contributed by atoms with Gasteiger partial charge in [-0.3, -0.25) is 9.59 Å². The number of unbranched alkanes of at least 4 members (excludes halogenated alkanes) is 13. The van der Waals surface area contributed by atoms with E-state index in [1.807, 2.05) is 11.9 Å². The van der Waals surface area contributed by atoms with Crippen LogP contribution in [0.3, 0.4) is 0 Å². The van der Waals surface area contributed by atoms with Crippen molar-refractivity contribution in [2.24, 2.45) is 0 Å². The molecule has 0 aliphatic carbocycles. The van der Waals surface area contributed by atoms with Crippen molar-refractivity contribution in [2.45, 2.75) is 221 Å². The highest BCUT2D eigenvalue weighted by Crippen LogP contribution is 2.13. The zero-order valence-corrected chi connectivity index (χ0v) is 31.2. The standard InChI is InChI=1S/C17H33NO3.C10H22.C6H18OSi2.6CH4/c1-4-5-6-7-8-9-10-11-17(20)12-13-18(3)14-15-21-16(2)19;1-3-5-7-9-10-8-6-4-2;1-8(2,3)7-9(4,5)6;;;;;;/h4-15H2,1-3H3;3-10H2,1-2H3;1-6H3;6*1H4. The van der Waals surface area contributed by atoms with Gasteiger partial charge in [0.1, 0.15) is 12.4 Å². The summed E-state index contributed by atoms with van der Waals surface area (Å²) in [5, 5.41) is 0.